The molecule has 2 atom stereocenters. The van der Waals surface area contributed by atoms with Gasteiger partial charge in [0.15, 0.2) is 10.3 Å². The first-order chi connectivity index (χ1) is 17.6. The van der Waals surface area contributed by atoms with Crippen LogP contribution in [0.2, 0.25) is 20.1 Å². The van der Waals surface area contributed by atoms with Crippen molar-refractivity contribution in [2.24, 2.45) is 0 Å². The molecule has 3 heterocycles. The number of aromatic nitrogens is 4. The highest BCUT2D eigenvalue weighted by molar-refractivity contribution is 8.01. The summed E-state index contributed by atoms with van der Waals surface area (Å²) >= 11 is 26.3. The Morgan fingerprint density at radius 1 is 0.973 bits per heavy atom. The van der Waals surface area contributed by atoms with Crippen molar-refractivity contribution in [3.63, 3.8) is 0 Å². The molecule has 1 fully saturated rings. The molecule has 37 heavy (non-hydrogen) atoms. The fourth-order valence-electron chi connectivity index (χ4n) is 3.68. The molecule has 2 N–H and O–H groups in total. The zero-order valence-corrected chi connectivity index (χ0v) is 23.2. The fourth-order valence-corrected chi connectivity index (χ4v) is 6.63. The van der Waals surface area contributed by atoms with Crippen LogP contribution in [0.1, 0.15) is 6.92 Å². The zero-order chi connectivity index (χ0) is 26.5. The van der Waals surface area contributed by atoms with Crippen LogP contribution in [0.3, 0.4) is 0 Å². The molecule has 0 amide bonds. The maximum atomic E-state index is 13.2. The number of benzene rings is 2. The number of ether oxygens (including phenoxy) is 2. The number of Topliss-reactive ketones (excluding diaryl/α,β-unsaturated/α-hetero) is 1. The van der Waals surface area contributed by atoms with Crippen LogP contribution in [0.25, 0.3) is 22.1 Å². The third kappa shape index (κ3) is 4.88. The second-order valence-electron chi connectivity index (χ2n) is 7.80. The van der Waals surface area contributed by atoms with E-state index in [0.29, 0.717) is 47.3 Å². The minimum Gasteiger partial charge on any atom is -0.463 e. The molecule has 0 spiro atoms. The number of cyclic esters (lactones) is 1. The number of nitrogens with zero attached hydrogens (tertiary/aromatic N) is 2. The first kappa shape index (κ1) is 26.5. The van der Waals surface area contributed by atoms with Crippen LogP contribution in [0.4, 0.5) is 0 Å². The van der Waals surface area contributed by atoms with E-state index in [9.17, 15) is 14.4 Å². The number of H-pyrrole nitrogens is 2. The summed E-state index contributed by atoms with van der Waals surface area (Å²) in [4.78, 5) is 53.5. The molecule has 2 aromatic heterocycles. The van der Waals surface area contributed by atoms with E-state index in [1.54, 1.807) is 31.2 Å². The minimum atomic E-state index is -1.94. The highest BCUT2D eigenvalue weighted by atomic mass is 35.5. The molecule has 4 aromatic rings. The molecule has 0 bridgehead atoms. The molecule has 2 unspecified atom stereocenters. The molecule has 0 aliphatic carbocycles. The van der Waals surface area contributed by atoms with Crippen molar-refractivity contribution in [3.8, 4) is 0 Å². The molecule has 192 valence electrons. The molecular weight excluding hydrogens is 606 g/mol. The molecule has 1 aliphatic heterocycles. The normalized spacial score (nSPS) is 19.6. The number of hydrogen-bond donors (Lipinski definition) is 2. The number of carbonyl (C=O) groups excluding carboxylic acids is 3. The lowest BCUT2D eigenvalue weighted by molar-refractivity contribution is -0.171. The number of nitrogens with one attached hydrogen (secondary N) is 2. The number of rotatable bonds is 7. The number of hydrogen-bond acceptors (Lipinski definition) is 9. The van der Waals surface area contributed by atoms with Crippen LogP contribution in [0.15, 0.2) is 34.6 Å². The van der Waals surface area contributed by atoms with Crippen molar-refractivity contribution in [1.82, 2.24) is 19.9 Å². The van der Waals surface area contributed by atoms with Gasteiger partial charge in [0.2, 0.25) is 5.60 Å². The van der Waals surface area contributed by atoms with Crippen molar-refractivity contribution in [1.29, 1.82) is 0 Å². The Bertz CT molecular complexity index is 1510. The van der Waals surface area contributed by atoms with E-state index in [0.717, 1.165) is 23.5 Å². The largest absolute Gasteiger partial charge is 0.463 e. The van der Waals surface area contributed by atoms with E-state index in [1.165, 1.54) is 0 Å². The van der Waals surface area contributed by atoms with E-state index >= 15 is 0 Å². The Hall–Kier alpha value is -2.15. The van der Waals surface area contributed by atoms with Gasteiger partial charge in [0, 0.05) is 0 Å². The van der Waals surface area contributed by atoms with Gasteiger partial charge in [-0.2, -0.15) is 0 Å². The Morgan fingerprint density at radius 2 is 1.51 bits per heavy atom. The third-order valence-electron chi connectivity index (χ3n) is 5.42. The minimum absolute atomic E-state index is 0.0116. The maximum absolute atomic E-state index is 13.2. The molecule has 0 radical (unpaired) electrons. The Morgan fingerprint density at radius 3 is 2.11 bits per heavy atom. The van der Waals surface area contributed by atoms with Gasteiger partial charge in [-0.25, -0.2) is 19.6 Å². The number of imidazole rings is 2. The lowest BCUT2D eigenvalue weighted by Gasteiger charge is -2.28. The van der Waals surface area contributed by atoms with Gasteiger partial charge in [-0.3, -0.25) is 4.79 Å². The first-order valence-corrected chi connectivity index (χ1v) is 13.9. The SMILES string of the molecule is CCOC(=O)C1(CSc2nc3cc(Cl)c(Cl)cc3[nH]2)OC(=O)C(=O)C1Sc1nc2cc(Cl)c(Cl)cc2[nH]1. The van der Waals surface area contributed by atoms with Crippen LogP contribution in [-0.2, 0) is 23.9 Å². The average molecular weight is 620 g/mol. The summed E-state index contributed by atoms with van der Waals surface area (Å²) < 4.78 is 10.7. The van der Waals surface area contributed by atoms with E-state index < -0.39 is 28.6 Å². The molecule has 5 rings (SSSR count). The van der Waals surface area contributed by atoms with Gasteiger partial charge in [-0.15, -0.1) is 0 Å². The van der Waals surface area contributed by atoms with Gasteiger partial charge in [-0.1, -0.05) is 69.9 Å². The topological polar surface area (TPSA) is 127 Å². The Labute approximate surface area is 237 Å². The monoisotopic (exact) mass is 618 g/mol. The van der Waals surface area contributed by atoms with E-state index in [-0.39, 0.29) is 17.5 Å². The highest BCUT2D eigenvalue weighted by Crippen LogP contribution is 2.42. The van der Waals surface area contributed by atoms with Crippen molar-refractivity contribution < 1.29 is 23.9 Å². The second kappa shape index (κ2) is 10.2. The molecule has 9 nitrogen and oxygen atoms in total. The predicted molar refractivity (Wildman–Crippen MR) is 143 cm³/mol. The first-order valence-electron chi connectivity index (χ1n) is 10.5. The van der Waals surface area contributed by atoms with Crippen molar-refractivity contribution in [2.45, 2.75) is 28.1 Å². The second-order valence-corrected chi connectivity index (χ2v) is 11.5. The summed E-state index contributed by atoms with van der Waals surface area (Å²) in [6.07, 6.45) is 0. The number of ketones is 1. The van der Waals surface area contributed by atoms with Gasteiger partial charge in [0.1, 0.15) is 5.25 Å². The molecule has 1 aliphatic rings. The van der Waals surface area contributed by atoms with Gasteiger partial charge in [0.05, 0.1) is 54.5 Å². The summed E-state index contributed by atoms with van der Waals surface area (Å²) in [6, 6.07) is 6.36. The summed E-state index contributed by atoms with van der Waals surface area (Å²) in [5, 5.41) is 0.666. The van der Waals surface area contributed by atoms with E-state index in [1.807, 2.05) is 0 Å². The number of fused-ring (bicyclic) bond motifs is 2. The molecule has 15 heteroatoms. The summed E-state index contributed by atoms with van der Waals surface area (Å²) in [6.45, 7) is 1.62. The Balaban J connectivity index is 1.49. The number of thioether (sulfide) groups is 2. The smallest absolute Gasteiger partial charge is 0.377 e. The lowest BCUT2D eigenvalue weighted by atomic mass is 10.0. The molecule has 1 saturated heterocycles. The molecule has 0 saturated carbocycles. The third-order valence-corrected chi connectivity index (χ3v) is 9.15. The van der Waals surface area contributed by atoms with E-state index in [4.69, 9.17) is 55.9 Å². The summed E-state index contributed by atoms with van der Waals surface area (Å²) in [5.41, 5.74) is 0.275. The number of carbonyl (C=O) groups is 3. The van der Waals surface area contributed by atoms with Crippen LogP contribution >= 0.6 is 69.9 Å². The quantitative estimate of drug-likeness (QED) is 0.151. The maximum Gasteiger partial charge on any atom is 0.377 e. The summed E-state index contributed by atoms with van der Waals surface area (Å²) in [7, 11) is 0. The molecule has 2 aromatic carbocycles. The fraction of sp³-hybridized carbons (Fsp3) is 0.227. The van der Waals surface area contributed by atoms with Gasteiger partial charge in [-0.05, 0) is 31.2 Å². The predicted octanol–water partition coefficient (Wildman–Crippen LogP) is 5.73. The van der Waals surface area contributed by atoms with Crippen LogP contribution in [0.5, 0.6) is 0 Å². The van der Waals surface area contributed by atoms with E-state index in [2.05, 4.69) is 19.9 Å². The standard InChI is InChI=1S/C22H14Cl4N4O5S2/c1-2-34-19(33)22(7-36-20-27-12-3-8(23)9(24)4-13(12)28-20)17(16(31)18(32)35-22)37-21-29-14-5-10(25)11(26)6-15(14)30-21/h3-6,17H,2,7H2,1H3,(H,27,28)(H,29,30). The summed E-state index contributed by atoms with van der Waals surface area (Å²) in [5.74, 6) is -3.06. The number of aromatic amines is 2. The van der Waals surface area contributed by atoms with Crippen LogP contribution in [0, 0.1) is 0 Å². The van der Waals surface area contributed by atoms with Crippen molar-refractivity contribution in [3.05, 3.63) is 44.4 Å². The van der Waals surface area contributed by atoms with Gasteiger partial charge >= 0.3 is 11.9 Å². The van der Waals surface area contributed by atoms with Crippen LogP contribution in [-0.4, -0.2) is 60.9 Å². The highest BCUT2D eigenvalue weighted by Gasteiger charge is 2.62. The molecular formula is C22H14Cl4N4O5S2. The zero-order valence-electron chi connectivity index (χ0n) is 18.6. The number of esters is 2. The van der Waals surface area contributed by atoms with Crippen molar-refractivity contribution in [2.75, 3.05) is 12.4 Å². The average Bonchev–Trinajstić information content (AvgIpc) is 3.49. The van der Waals surface area contributed by atoms with Crippen molar-refractivity contribution >= 4 is 110 Å². The lowest BCUT2D eigenvalue weighted by Crippen LogP contribution is -2.51. The Kier molecular flexibility index (Phi) is 7.29. The van der Waals surface area contributed by atoms with Gasteiger partial charge < -0.3 is 19.4 Å². The number of halogens is 4. The van der Waals surface area contributed by atoms with Crippen LogP contribution < -0.4 is 0 Å². The van der Waals surface area contributed by atoms with Gasteiger partial charge in [0.25, 0.3) is 5.78 Å².